The average Bonchev–Trinajstić information content (AvgIpc) is 3.14. The Balaban J connectivity index is 1.43. The topological polar surface area (TPSA) is 77.6 Å². The highest BCUT2D eigenvalue weighted by molar-refractivity contribution is 5.79. The van der Waals surface area contributed by atoms with Crippen LogP contribution in [-0.4, -0.2) is 36.5 Å². The number of aromatic nitrogens is 5. The zero-order valence-electron chi connectivity index (χ0n) is 12.0. The standard InChI is InChI=1S/C15H16N6O/c22-15(10-21-13-4-2-1-3-12(13)18-19-21)17-11-5-6-14-16-7-8-20(14)9-11/h1-4,7-8,11H,5-6,9-10H2,(H,17,22)/t11-/m1/s1. The zero-order chi connectivity index (χ0) is 14.9. The smallest absolute Gasteiger partial charge is 0.242 e. The Kier molecular flexibility index (Phi) is 3.10. The number of amides is 1. The van der Waals surface area contributed by atoms with Crippen LogP contribution >= 0.6 is 0 Å². The molecule has 3 aromatic rings. The lowest BCUT2D eigenvalue weighted by Crippen LogP contribution is -2.42. The summed E-state index contributed by atoms with van der Waals surface area (Å²) in [5, 5.41) is 11.2. The molecule has 4 rings (SSSR count). The second-order valence-electron chi connectivity index (χ2n) is 5.53. The van der Waals surface area contributed by atoms with Gasteiger partial charge in [-0.15, -0.1) is 5.10 Å². The van der Waals surface area contributed by atoms with Gasteiger partial charge in [-0.3, -0.25) is 4.79 Å². The lowest BCUT2D eigenvalue weighted by Gasteiger charge is -2.24. The third-order valence-corrected chi connectivity index (χ3v) is 4.01. The maximum Gasteiger partial charge on any atom is 0.242 e. The van der Waals surface area contributed by atoms with Gasteiger partial charge < -0.3 is 9.88 Å². The van der Waals surface area contributed by atoms with E-state index in [1.165, 1.54) is 0 Å². The van der Waals surface area contributed by atoms with Crippen LogP contribution in [0.4, 0.5) is 0 Å². The van der Waals surface area contributed by atoms with Crippen molar-refractivity contribution in [2.75, 3.05) is 0 Å². The summed E-state index contributed by atoms with van der Waals surface area (Å²) in [6.07, 6.45) is 5.57. The van der Waals surface area contributed by atoms with Crippen molar-refractivity contribution in [2.24, 2.45) is 0 Å². The fourth-order valence-corrected chi connectivity index (χ4v) is 2.93. The van der Waals surface area contributed by atoms with Gasteiger partial charge in [-0.05, 0) is 18.6 Å². The van der Waals surface area contributed by atoms with Crippen molar-refractivity contribution in [3.05, 3.63) is 42.5 Å². The normalized spacial score (nSPS) is 17.4. The van der Waals surface area contributed by atoms with Crippen LogP contribution in [0.5, 0.6) is 0 Å². The van der Waals surface area contributed by atoms with Crippen LogP contribution in [0.1, 0.15) is 12.2 Å². The Bertz CT molecular complexity index is 820. The van der Waals surface area contributed by atoms with Gasteiger partial charge in [0.05, 0.1) is 5.52 Å². The molecule has 1 aliphatic rings. The number of carbonyl (C=O) groups excluding carboxylic acids is 1. The zero-order valence-corrected chi connectivity index (χ0v) is 12.0. The van der Waals surface area contributed by atoms with Crippen LogP contribution in [0, 0.1) is 0 Å². The van der Waals surface area contributed by atoms with Gasteiger partial charge in [0.2, 0.25) is 5.91 Å². The molecule has 0 bridgehead atoms. The highest BCUT2D eigenvalue weighted by Gasteiger charge is 2.20. The maximum atomic E-state index is 12.2. The summed E-state index contributed by atoms with van der Waals surface area (Å²) in [7, 11) is 0. The van der Waals surface area contributed by atoms with Crippen molar-refractivity contribution in [3.63, 3.8) is 0 Å². The molecule has 0 aliphatic carbocycles. The summed E-state index contributed by atoms with van der Waals surface area (Å²) < 4.78 is 3.73. The molecule has 0 spiro atoms. The summed E-state index contributed by atoms with van der Waals surface area (Å²) in [6, 6.07) is 7.77. The van der Waals surface area contributed by atoms with Crippen molar-refractivity contribution in [2.45, 2.75) is 32.0 Å². The minimum Gasteiger partial charge on any atom is -0.350 e. The third kappa shape index (κ3) is 2.34. The molecule has 1 atom stereocenters. The summed E-state index contributed by atoms with van der Waals surface area (Å²) in [5.74, 6) is 1.05. The molecule has 7 heteroatoms. The van der Waals surface area contributed by atoms with E-state index in [4.69, 9.17) is 0 Å². The Morgan fingerprint density at radius 1 is 1.36 bits per heavy atom. The van der Waals surface area contributed by atoms with Crippen molar-refractivity contribution in [1.29, 1.82) is 0 Å². The molecular formula is C15H16N6O. The SMILES string of the molecule is O=C(Cn1nnc2ccccc21)N[C@@H]1CCc2nccn2C1. The number of rotatable bonds is 3. The molecule has 112 valence electrons. The number of aryl methyl sites for hydroxylation is 1. The summed E-state index contributed by atoms with van der Waals surface area (Å²) in [5.41, 5.74) is 1.68. The van der Waals surface area contributed by atoms with Gasteiger partial charge in [0.25, 0.3) is 0 Å². The van der Waals surface area contributed by atoms with Crippen LogP contribution < -0.4 is 5.32 Å². The number of para-hydroxylation sites is 1. The molecule has 1 N–H and O–H groups in total. The quantitative estimate of drug-likeness (QED) is 0.774. The third-order valence-electron chi connectivity index (χ3n) is 4.01. The second-order valence-corrected chi connectivity index (χ2v) is 5.53. The first-order valence-corrected chi connectivity index (χ1v) is 7.37. The number of imidazole rings is 1. The number of hydrogen-bond donors (Lipinski definition) is 1. The summed E-state index contributed by atoms with van der Waals surface area (Å²) in [6.45, 7) is 0.965. The van der Waals surface area contributed by atoms with Crippen LogP contribution in [0.3, 0.4) is 0 Å². The van der Waals surface area contributed by atoms with E-state index in [0.29, 0.717) is 0 Å². The number of benzene rings is 1. The molecule has 0 saturated carbocycles. The molecule has 3 heterocycles. The summed E-state index contributed by atoms with van der Waals surface area (Å²) in [4.78, 5) is 16.5. The van der Waals surface area contributed by atoms with E-state index < -0.39 is 0 Å². The van der Waals surface area contributed by atoms with E-state index in [-0.39, 0.29) is 18.5 Å². The average molecular weight is 296 g/mol. The minimum absolute atomic E-state index is 0.0378. The molecule has 0 fully saturated rings. The van der Waals surface area contributed by atoms with Crippen LogP contribution in [0.15, 0.2) is 36.7 Å². The number of fused-ring (bicyclic) bond motifs is 2. The lowest BCUT2D eigenvalue weighted by atomic mass is 10.1. The van der Waals surface area contributed by atoms with Gasteiger partial charge in [0.15, 0.2) is 0 Å². The van der Waals surface area contributed by atoms with Gasteiger partial charge in [-0.25, -0.2) is 9.67 Å². The lowest BCUT2D eigenvalue weighted by molar-refractivity contribution is -0.122. The number of hydrogen-bond acceptors (Lipinski definition) is 4. The van der Waals surface area contributed by atoms with Crippen LogP contribution in [0.25, 0.3) is 11.0 Å². The van der Waals surface area contributed by atoms with Gasteiger partial charge in [0, 0.05) is 31.4 Å². The predicted molar refractivity (Wildman–Crippen MR) is 80.0 cm³/mol. The largest absolute Gasteiger partial charge is 0.350 e. The van der Waals surface area contributed by atoms with E-state index >= 15 is 0 Å². The molecule has 0 radical (unpaired) electrons. The van der Waals surface area contributed by atoms with Crippen molar-refractivity contribution in [1.82, 2.24) is 29.9 Å². The highest BCUT2D eigenvalue weighted by atomic mass is 16.2. The second kappa shape index (κ2) is 5.25. The van der Waals surface area contributed by atoms with Crippen LogP contribution in [-0.2, 0) is 24.3 Å². The van der Waals surface area contributed by atoms with E-state index in [2.05, 4.69) is 25.2 Å². The van der Waals surface area contributed by atoms with Crippen molar-refractivity contribution in [3.8, 4) is 0 Å². The molecule has 7 nitrogen and oxygen atoms in total. The Morgan fingerprint density at radius 3 is 3.23 bits per heavy atom. The molecule has 2 aromatic heterocycles. The first-order chi connectivity index (χ1) is 10.8. The van der Waals surface area contributed by atoms with Gasteiger partial charge in [-0.1, -0.05) is 17.3 Å². The van der Waals surface area contributed by atoms with E-state index in [9.17, 15) is 4.79 Å². The molecule has 22 heavy (non-hydrogen) atoms. The number of nitrogens with zero attached hydrogens (tertiary/aromatic N) is 5. The monoisotopic (exact) mass is 296 g/mol. The fraction of sp³-hybridized carbons (Fsp3) is 0.333. The number of carbonyl (C=O) groups is 1. The summed E-state index contributed by atoms with van der Waals surface area (Å²) >= 11 is 0. The molecular weight excluding hydrogens is 280 g/mol. The number of nitrogens with one attached hydrogen (secondary N) is 1. The molecule has 1 aliphatic heterocycles. The molecule has 1 aromatic carbocycles. The van der Waals surface area contributed by atoms with E-state index in [1.54, 1.807) is 10.9 Å². The maximum absolute atomic E-state index is 12.2. The van der Waals surface area contributed by atoms with Gasteiger partial charge in [0.1, 0.15) is 17.9 Å². The molecule has 0 unspecified atom stereocenters. The van der Waals surface area contributed by atoms with Gasteiger partial charge in [-0.2, -0.15) is 0 Å². The Hall–Kier alpha value is -2.70. The first-order valence-electron chi connectivity index (χ1n) is 7.37. The minimum atomic E-state index is -0.0378. The first kappa shape index (κ1) is 13.0. The van der Waals surface area contributed by atoms with E-state index in [0.717, 1.165) is 36.2 Å². The Labute approximate surface area is 126 Å². The highest BCUT2D eigenvalue weighted by Crippen LogP contribution is 2.13. The van der Waals surface area contributed by atoms with Crippen molar-refractivity contribution >= 4 is 16.9 Å². The predicted octanol–water partition coefficient (Wildman–Crippen LogP) is 0.759. The van der Waals surface area contributed by atoms with Crippen molar-refractivity contribution < 1.29 is 4.79 Å². The van der Waals surface area contributed by atoms with E-state index in [1.807, 2.05) is 30.5 Å². The fourth-order valence-electron chi connectivity index (χ4n) is 2.93. The Morgan fingerprint density at radius 2 is 2.27 bits per heavy atom. The molecule has 0 saturated heterocycles. The van der Waals surface area contributed by atoms with Crippen LogP contribution in [0.2, 0.25) is 0 Å². The van der Waals surface area contributed by atoms with Gasteiger partial charge >= 0.3 is 0 Å². The molecule has 1 amide bonds.